The highest BCUT2D eigenvalue weighted by Gasteiger charge is 2.24. The van der Waals surface area contributed by atoms with Crippen LogP contribution in [0.2, 0.25) is 0 Å². The number of benzene rings is 1. The molecular weight excluding hydrogens is 260 g/mol. The molecule has 0 saturated carbocycles. The van der Waals surface area contributed by atoms with Gasteiger partial charge in [0.2, 0.25) is 6.79 Å². The van der Waals surface area contributed by atoms with E-state index >= 15 is 0 Å². The van der Waals surface area contributed by atoms with Gasteiger partial charge in [0.15, 0.2) is 11.5 Å². The van der Waals surface area contributed by atoms with Crippen LogP contribution in [0.3, 0.4) is 0 Å². The Balaban J connectivity index is 1.98. The third kappa shape index (κ3) is 2.04. The van der Waals surface area contributed by atoms with Gasteiger partial charge in [-0.15, -0.1) is 11.3 Å². The first kappa shape index (κ1) is 12.0. The molecule has 1 aromatic heterocycles. The normalized spacial score (nSPS) is 13.3. The van der Waals surface area contributed by atoms with Gasteiger partial charge in [-0.05, 0) is 32.0 Å². The number of aromatic nitrogens is 1. The molecule has 0 aliphatic carbocycles. The van der Waals surface area contributed by atoms with E-state index in [9.17, 15) is 0 Å². The second kappa shape index (κ2) is 4.25. The van der Waals surface area contributed by atoms with E-state index in [1.54, 1.807) is 0 Å². The van der Waals surface area contributed by atoms with E-state index in [1.165, 1.54) is 11.3 Å². The number of fused-ring (bicyclic) bond motifs is 1. The molecule has 0 saturated heterocycles. The van der Waals surface area contributed by atoms with E-state index in [2.05, 4.69) is 11.1 Å². The van der Waals surface area contributed by atoms with Crippen molar-refractivity contribution in [2.45, 2.75) is 19.3 Å². The summed E-state index contributed by atoms with van der Waals surface area (Å²) in [4.78, 5) is 4.55. The summed E-state index contributed by atoms with van der Waals surface area (Å²) in [7, 11) is 0. The van der Waals surface area contributed by atoms with Crippen LogP contribution in [0.25, 0.3) is 11.3 Å². The molecule has 4 nitrogen and oxygen atoms in total. The van der Waals surface area contributed by atoms with Crippen molar-refractivity contribution in [2.24, 2.45) is 0 Å². The van der Waals surface area contributed by atoms with Crippen LogP contribution in [-0.2, 0) is 5.41 Å². The Labute approximate surface area is 115 Å². The SMILES string of the molecule is CC(C)(C#N)c1nc(-c2ccc3c(c2)OCO3)cs1. The molecular formula is C14H12N2O2S. The van der Waals surface area contributed by atoms with E-state index < -0.39 is 5.41 Å². The van der Waals surface area contributed by atoms with E-state index in [-0.39, 0.29) is 6.79 Å². The average molecular weight is 272 g/mol. The molecule has 19 heavy (non-hydrogen) atoms. The Morgan fingerprint density at radius 2 is 2.11 bits per heavy atom. The summed E-state index contributed by atoms with van der Waals surface area (Å²) in [5.74, 6) is 1.50. The lowest BCUT2D eigenvalue weighted by atomic mass is 9.97. The van der Waals surface area contributed by atoms with Gasteiger partial charge in [-0.3, -0.25) is 0 Å². The first-order valence-corrected chi connectivity index (χ1v) is 6.75. The summed E-state index contributed by atoms with van der Waals surface area (Å²) in [6.07, 6.45) is 0. The maximum atomic E-state index is 9.13. The second-order valence-electron chi connectivity index (χ2n) is 4.84. The predicted molar refractivity (Wildman–Crippen MR) is 72.3 cm³/mol. The van der Waals surface area contributed by atoms with Crippen LogP contribution < -0.4 is 9.47 Å². The number of rotatable bonds is 2. The van der Waals surface area contributed by atoms with Crippen molar-refractivity contribution in [1.29, 1.82) is 5.26 Å². The van der Waals surface area contributed by atoms with Gasteiger partial charge in [0, 0.05) is 10.9 Å². The molecule has 0 N–H and O–H groups in total. The molecule has 0 bridgehead atoms. The fraction of sp³-hybridized carbons (Fsp3) is 0.286. The molecule has 0 fully saturated rings. The lowest BCUT2D eigenvalue weighted by Gasteiger charge is -2.10. The molecule has 0 radical (unpaired) electrons. The molecule has 0 amide bonds. The molecule has 0 unspecified atom stereocenters. The maximum Gasteiger partial charge on any atom is 0.231 e. The van der Waals surface area contributed by atoms with Gasteiger partial charge < -0.3 is 9.47 Å². The van der Waals surface area contributed by atoms with E-state index in [0.29, 0.717) is 0 Å². The van der Waals surface area contributed by atoms with Crippen LogP contribution in [0.15, 0.2) is 23.6 Å². The first-order valence-electron chi connectivity index (χ1n) is 5.87. The van der Waals surface area contributed by atoms with Crippen molar-refractivity contribution < 1.29 is 9.47 Å². The van der Waals surface area contributed by atoms with E-state index in [1.807, 2.05) is 37.4 Å². The van der Waals surface area contributed by atoms with Crippen molar-refractivity contribution in [3.05, 3.63) is 28.6 Å². The quantitative estimate of drug-likeness (QED) is 0.841. The number of nitriles is 1. The third-order valence-corrected chi connectivity index (χ3v) is 4.15. The Morgan fingerprint density at radius 3 is 2.89 bits per heavy atom. The lowest BCUT2D eigenvalue weighted by molar-refractivity contribution is 0.174. The Morgan fingerprint density at radius 1 is 1.32 bits per heavy atom. The molecule has 0 atom stereocenters. The van der Waals surface area contributed by atoms with Crippen LogP contribution in [0, 0.1) is 11.3 Å². The zero-order chi connectivity index (χ0) is 13.5. The highest BCUT2D eigenvalue weighted by Crippen LogP contribution is 2.37. The van der Waals surface area contributed by atoms with Crippen LogP contribution in [0.4, 0.5) is 0 Å². The Hall–Kier alpha value is -2.06. The van der Waals surface area contributed by atoms with E-state index in [4.69, 9.17) is 14.7 Å². The van der Waals surface area contributed by atoms with Crippen molar-refractivity contribution >= 4 is 11.3 Å². The van der Waals surface area contributed by atoms with Crippen molar-refractivity contribution in [1.82, 2.24) is 4.98 Å². The molecule has 1 aliphatic rings. The Kier molecular flexibility index (Phi) is 2.68. The maximum absolute atomic E-state index is 9.13. The largest absolute Gasteiger partial charge is 0.454 e. The molecule has 5 heteroatoms. The van der Waals surface area contributed by atoms with Gasteiger partial charge in [-0.1, -0.05) is 0 Å². The topological polar surface area (TPSA) is 55.1 Å². The summed E-state index contributed by atoms with van der Waals surface area (Å²) in [5.41, 5.74) is 1.28. The van der Waals surface area contributed by atoms with Gasteiger partial charge >= 0.3 is 0 Å². The monoisotopic (exact) mass is 272 g/mol. The zero-order valence-electron chi connectivity index (χ0n) is 10.6. The summed E-state index contributed by atoms with van der Waals surface area (Å²) in [6.45, 7) is 4.01. The highest BCUT2D eigenvalue weighted by atomic mass is 32.1. The van der Waals surface area contributed by atoms with Crippen LogP contribution in [-0.4, -0.2) is 11.8 Å². The molecule has 1 aromatic carbocycles. The molecule has 0 spiro atoms. The fourth-order valence-corrected chi connectivity index (χ4v) is 2.70. The van der Waals surface area contributed by atoms with Crippen molar-refractivity contribution in [2.75, 3.05) is 6.79 Å². The summed E-state index contributed by atoms with van der Waals surface area (Å²) in [5, 5.41) is 11.9. The van der Waals surface area contributed by atoms with Gasteiger partial charge in [-0.2, -0.15) is 5.26 Å². The Bertz CT molecular complexity index is 670. The van der Waals surface area contributed by atoms with Crippen molar-refractivity contribution in [3.8, 4) is 28.8 Å². The van der Waals surface area contributed by atoms with E-state index in [0.717, 1.165) is 27.8 Å². The number of ether oxygens (including phenoxy) is 2. The van der Waals surface area contributed by atoms with Crippen molar-refractivity contribution in [3.63, 3.8) is 0 Å². The molecule has 96 valence electrons. The van der Waals surface area contributed by atoms with Crippen LogP contribution >= 0.6 is 11.3 Å². The summed E-state index contributed by atoms with van der Waals surface area (Å²) >= 11 is 1.50. The van der Waals surface area contributed by atoms with Crippen LogP contribution in [0.5, 0.6) is 11.5 Å². The molecule has 2 aromatic rings. The minimum atomic E-state index is -0.556. The van der Waals surface area contributed by atoms with Gasteiger partial charge in [0.1, 0.15) is 10.4 Å². The number of nitrogens with zero attached hydrogens (tertiary/aromatic N) is 2. The lowest BCUT2D eigenvalue weighted by Crippen LogP contribution is -2.13. The third-order valence-electron chi connectivity index (χ3n) is 2.99. The smallest absolute Gasteiger partial charge is 0.231 e. The number of hydrogen-bond donors (Lipinski definition) is 0. The zero-order valence-corrected chi connectivity index (χ0v) is 11.5. The molecule has 2 heterocycles. The standard InChI is InChI=1S/C14H12N2O2S/c1-14(2,7-15)13-16-10(6-19-13)9-3-4-11-12(5-9)18-8-17-11/h3-6H,8H2,1-2H3. The summed E-state index contributed by atoms with van der Waals surface area (Å²) in [6, 6.07) is 8.02. The highest BCUT2D eigenvalue weighted by molar-refractivity contribution is 7.10. The second-order valence-corrected chi connectivity index (χ2v) is 5.70. The molecule has 1 aliphatic heterocycles. The van der Waals surface area contributed by atoms with Gasteiger partial charge in [0.05, 0.1) is 11.8 Å². The summed E-state index contributed by atoms with van der Waals surface area (Å²) < 4.78 is 10.6. The van der Waals surface area contributed by atoms with Crippen LogP contribution in [0.1, 0.15) is 18.9 Å². The fourth-order valence-electron chi connectivity index (χ4n) is 1.80. The average Bonchev–Trinajstić information content (AvgIpc) is 3.06. The minimum Gasteiger partial charge on any atom is -0.454 e. The number of thiazole rings is 1. The first-order chi connectivity index (χ1) is 9.10. The number of hydrogen-bond acceptors (Lipinski definition) is 5. The minimum absolute atomic E-state index is 0.266. The molecule has 3 rings (SSSR count). The van der Waals surface area contributed by atoms with Gasteiger partial charge in [-0.25, -0.2) is 4.98 Å². The predicted octanol–water partition coefficient (Wildman–Crippen LogP) is 3.34. The van der Waals surface area contributed by atoms with Gasteiger partial charge in [0.25, 0.3) is 0 Å².